The molecule has 3 aromatic rings. The number of nitrogens with one attached hydrogen (secondary N) is 1. The lowest BCUT2D eigenvalue weighted by Gasteiger charge is -2.13. The second-order valence-corrected chi connectivity index (χ2v) is 7.74. The number of benzene rings is 1. The minimum atomic E-state index is -0.470. The second kappa shape index (κ2) is 9.90. The normalized spacial score (nSPS) is 10.4. The van der Waals surface area contributed by atoms with Crippen LogP contribution in [0.4, 0.5) is 5.82 Å². The minimum Gasteiger partial charge on any atom is -0.456 e. The quantitative estimate of drug-likeness (QED) is 0.553. The smallest absolute Gasteiger partial charge is 0.306 e. The van der Waals surface area contributed by atoms with Crippen molar-refractivity contribution in [1.82, 2.24) is 4.57 Å². The van der Waals surface area contributed by atoms with Crippen LogP contribution in [0.3, 0.4) is 0 Å². The van der Waals surface area contributed by atoms with Gasteiger partial charge in [-0.25, -0.2) is 0 Å². The Morgan fingerprint density at radius 3 is 2.60 bits per heavy atom. The van der Waals surface area contributed by atoms with Crippen molar-refractivity contribution >= 4 is 29.0 Å². The maximum atomic E-state index is 12.4. The van der Waals surface area contributed by atoms with Gasteiger partial charge in [-0.15, -0.1) is 0 Å². The number of nitrogens with zero attached hydrogens (tertiary/aromatic N) is 2. The molecule has 0 aliphatic heterocycles. The fraction of sp³-hybridized carbons (Fsp3) is 0.261. The van der Waals surface area contributed by atoms with Crippen molar-refractivity contribution in [3.8, 4) is 6.07 Å². The zero-order valence-electron chi connectivity index (χ0n) is 17.0. The fourth-order valence-corrected chi connectivity index (χ4v) is 3.86. The number of nitriles is 1. The van der Waals surface area contributed by atoms with E-state index in [4.69, 9.17) is 4.74 Å². The van der Waals surface area contributed by atoms with Crippen molar-refractivity contribution in [1.29, 1.82) is 5.26 Å². The number of ether oxygens (including phenoxy) is 1. The summed E-state index contributed by atoms with van der Waals surface area (Å²) in [6.45, 7) is 3.90. The van der Waals surface area contributed by atoms with Crippen LogP contribution < -0.4 is 5.32 Å². The summed E-state index contributed by atoms with van der Waals surface area (Å²) in [5.74, 6) is -0.471. The molecule has 0 atom stereocenters. The van der Waals surface area contributed by atoms with Gasteiger partial charge in [0.15, 0.2) is 6.61 Å². The Kier molecular flexibility index (Phi) is 7.04. The Hall–Kier alpha value is -3.37. The van der Waals surface area contributed by atoms with Gasteiger partial charge in [0.05, 0.1) is 5.56 Å². The van der Waals surface area contributed by atoms with E-state index in [1.807, 2.05) is 65.6 Å². The largest absolute Gasteiger partial charge is 0.456 e. The molecule has 0 radical (unpaired) electrons. The first-order valence-electron chi connectivity index (χ1n) is 9.60. The third kappa shape index (κ3) is 5.16. The Morgan fingerprint density at radius 1 is 1.17 bits per heavy atom. The van der Waals surface area contributed by atoms with Crippen LogP contribution in [0.5, 0.6) is 0 Å². The van der Waals surface area contributed by atoms with E-state index in [1.54, 1.807) is 11.3 Å². The van der Waals surface area contributed by atoms with E-state index in [0.717, 1.165) is 22.4 Å². The molecule has 2 heterocycles. The molecule has 1 aromatic carbocycles. The van der Waals surface area contributed by atoms with Crippen LogP contribution in [0.1, 0.15) is 34.4 Å². The minimum absolute atomic E-state index is 0.218. The Labute approximate surface area is 179 Å². The first-order valence-corrected chi connectivity index (χ1v) is 10.5. The molecule has 0 spiro atoms. The summed E-state index contributed by atoms with van der Waals surface area (Å²) in [6.07, 6.45) is 0.802. The fourth-order valence-electron chi connectivity index (χ4n) is 3.16. The van der Waals surface area contributed by atoms with E-state index in [9.17, 15) is 14.9 Å². The average Bonchev–Trinajstić information content (AvgIpc) is 3.34. The molecule has 1 amide bonds. The van der Waals surface area contributed by atoms with Crippen molar-refractivity contribution in [2.75, 3.05) is 11.9 Å². The van der Waals surface area contributed by atoms with Gasteiger partial charge in [0.1, 0.15) is 11.9 Å². The summed E-state index contributed by atoms with van der Waals surface area (Å²) >= 11 is 1.57. The zero-order chi connectivity index (χ0) is 21.5. The van der Waals surface area contributed by atoms with Gasteiger partial charge in [0, 0.05) is 18.7 Å². The maximum Gasteiger partial charge on any atom is 0.306 e. The highest BCUT2D eigenvalue weighted by Crippen LogP contribution is 2.27. The molecule has 6 nitrogen and oxygen atoms in total. The monoisotopic (exact) mass is 421 g/mol. The first-order chi connectivity index (χ1) is 14.5. The lowest BCUT2D eigenvalue weighted by molar-refractivity contribution is -0.147. The molecule has 0 bridgehead atoms. The van der Waals surface area contributed by atoms with Crippen molar-refractivity contribution in [2.24, 2.45) is 0 Å². The van der Waals surface area contributed by atoms with Crippen molar-refractivity contribution in [3.05, 3.63) is 75.1 Å². The zero-order valence-corrected chi connectivity index (χ0v) is 17.8. The predicted octanol–water partition coefficient (Wildman–Crippen LogP) is 4.20. The highest BCUT2D eigenvalue weighted by molar-refractivity contribution is 7.07. The topological polar surface area (TPSA) is 84.1 Å². The molecule has 3 rings (SSSR count). The molecule has 0 unspecified atom stereocenters. The lowest BCUT2D eigenvalue weighted by Crippen LogP contribution is -2.23. The molecular formula is C23H23N3O3S. The van der Waals surface area contributed by atoms with Gasteiger partial charge in [-0.1, -0.05) is 30.3 Å². The molecule has 7 heteroatoms. The summed E-state index contributed by atoms with van der Waals surface area (Å²) in [4.78, 5) is 24.4. The van der Waals surface area contributed by atoms with E-state index in [0.29, 0.717) is 24.3 Å². The number of amides is 1. The van der Waals surface area contributed by atoms with E-state index >= 15 is 0 Å². The van der Waals surface area contributed by atoms with E-state index < -0.39 is 11.9 Å². The Bertz CT molecular complexity index is 1060. The maximum absolute atomic E-state index is 12.4. The molecule has 0 saturated carbocycles. The number of anilines is 1. The molecule has 0 aliphatic carbocycles. The third-order valence-electron chi connectivity index (χ3n) is 4.94. The Balaban J connectivity index is 1.65. The average molecular weight is 422 g/mol. The van der Waals surface area contributed by atoms with Crippen molar-refractivity contribution in [3.63, 3.8) is 0 Å². The van der Waals surface area contributed by atoms with Gasteiger partial charge < -0.3 is 14.6 Å². The summed E-state index contributed by atoms with van der Waals surface area (Å²) in [5.41, 5.74) is 4.26. The molecule has 154 valence electrons. The number of esters is 1. The van der Waals surface area contributed by atoms with Gasteiger partial charge >= 0.3 is 5.97 Å². The van der Waals surface area contributed by atoms with Crippen LogP contribution in [-0.2, 0) is 27.3 Å². The van der Waals surface area contributed by atoms with Gasteiger partial charge in [0.25, 0.3) is 5.91 Å². The third-order valence-corrected chi connectivity index (χ3v) is 5.68. The summed E-state index contributed by atoms with van der Waals surface area (Å²) in [5, 5.41) is 16.3. The van der Waals surface area contributed by atoms with Crippen molar-refractivity contribution in [2.45, 2.75) is 33.2 Å². The molecule has 2 aromatic heterocycles. The SMILES string of the molecule is Cc1c(C#N)c(NC(=O)COC(=O)CCc2ccsc2)n(Cc2ccccc2)c1C. The standard InChI is InChI=1S/C23H23N3O3S/c1-16-17(2)26(13-18-6-4-3-5-7-18)23(20(16)12-24)25-21(27)14-29-22(28)9-8-19-10-11-30-15-19/h3-7,10-11,15H,8-9,13-14H2,1-2H3,(H,25,27). The van der Waals surface area contributed by atoms with Crippen LogP contribution in [0.25, 0.3) is 0 Å². The van der Waals surface area contributed by atoms with Gasteiger partial charge in [0.2, 0.25) is 0 Å². The number of carbonyl (C=O) groups excluding carboxylic acids is 2. The van der Waals surface area contributed by atoms with Crippen molar-refractivity contribution < 1.29 is 14.3 Å². The summed E-state index contributed by atoms with van der Waals surface area (Å²) < 4.78 is 7.01. The highest BCUT2D eigenvalue weighted by atomic mass is 32.1. The van der Waals surface area contributed by atoms with Gasteiger partial charge in [-0.2, -0.15) is 16.6 Å². The first kappa shape index (κ1) is 21.3. The van der Waals surface area contributed by atoms with Crippen LogP contribution in [0, 0.1) is 25.2 Å². The number of hydrogen-bond acceptors (Lipinski definition) is 5. The van der Waals surface area contributed by atoms with E-state index in [1.165, 1.54) is 0 Å². The van der Waals surface area contributed by atoms with Crippen LogP contribution in [0.15, 0.2) is 47.2 Å². The van der Waals surface area contributed by atoms with Gasteiger partial charge in [-0.05, 0) is 53.8 Å². The van der Waals surface area contributed by atoms with Crippen LogP contribution in [0.2, 0.25) is 0 Å². The molecule has 0 saturated heterocycles. The number of carbonyl (C=O) groups is 2. The number of thiophene rings is 1. The highest BCUT2D eigenvalue weighted by Gasteiger charge is 2.20. The van der Waals surface area contributed by atoms with Gasteiger partial charge in [-0.3, -0.25) is 9.59 Å². The van der Waals surface area contributed by atoms with Crippen LogP contribution >= 0.6 is 11.3 Å². The molecule has 30 heavy (non-hydrogen) atoms. The van der Waals surface area contributed by atoms with E-state index in [-0.39, 0.29) is 13.0 Å². The van der Waals surface area contributed by atoms with Crippen LogP contribution in [-0.4, -0.2) is 23.1 Å². The summed E-state index contributed by atoms with van der Waals surface area (Å²) in [6, 6.07) is 13.9. The molecule has 0 aliphatic rings. The second-order valence-electron chi connectivity index (χ2n) is 6.96. The molecule has 1 N–H and O–H groups in total. The lowest BCUT2D eigenvalue weighted by atomic mass is 10.2. The number of aromatic nitrogens is 1. The van der Waals surface area contributed by atoms with E-state index in [2.05, 4.69) is 11.4 Å². The number of aryl methyl sites for hydroxylation is 1. The number of rotatable bonds is 8. The molecular weight excluding hydrogens is 398 g/mol. The summed E-state index contributed by atoms with van der Waals surface area (Å²) in [7, 11) is 0. The Morgan fingerprint density at radius 2 is 1.93 bits per heavy atom. The predicted molar refractivity (Wildman–Crippen MR) is 116 cm³/mol. The molecule has 0 fully saturated rings. The number of hydrogen-bond donors (Lipinski definition) is 1.